The maximum Gasteiger partial charge on any atom is 0.417 e. The Morgan fingerprint density at radius 1 is 1.06 bits per heavy atom. The highest BCUT2D eigenvalue weighted by Crippen LogP contribution is 2.37. The van der Waals surface area contributed by atoms with Gasteiger partial charge in [0, 0.05) is 35.5 Å². The first-order valence-corrected chi connectivity index (χ1v) is 11.9. The van der Waals surface area contributed by atoms with Crippen molar-refractivity contribution in [3.63, 3.8) is 0 Å². The maximum atomic E-state index is 13.5. The second kappa shape index (κ2) is 9.59. The summed E-state index contributed by atoms with van der Waals surface area (Å²) in [6, 6.07) is 11.4. The largest absolute Gasteiger partial charge is 0.443 e. The SMILES string of the molecule is O=C1O[C@@H](CN2CCC(CO)CC2)CN1c1ccc2cc(-c3ccccc3C(F)(F)F)[nH]c(=O)c2c1. The number of aliphatic hydroxyl groups excluding tert-OH is 1. The smallest absolute Gasteiger partial charge is 0.417 e. The van der Waals surface area contributed by atoms with Crippen molar-refractivity contribution < 1.29 is 27.8 Å². The van der Waals surface area contributed by atoms with Gasteiger partial charge in [-0.15, -0.1) is 0 Å². The number of aromatic nitrogens is 1. The number of carbonyl (C=O) groups is 1. The number of ether oxygens (including phenoxy) is 1. The van der Waals surface area contributed by atoms with Crippen molar-refractivity contribution in [1.29, 1.82) is 0 Å². The molecule has 5 rings (SSSR count). The van der Waals surface area contributed by atoms with Crippen molar-refractivity contribution in [2.75, 3.05) is 37.7 Å². The van der Waals surface area contributed by atoms with Crippen LogP contribution in [0.1, 0.15) is 18.4 Å². The van der Waals surface area contributed by atoms with Gasteiger partial charge in [0.25, 0.3) is 5.56 Å². The predicted octanol–water partition coefficient (Wildman–Crippen LogP) is 4.24. The molecule has 7 nitrogen and oxygen atoms in total. The van der Waals surface area contributed by atoms with Crippen LogP contribution in [0, 0.1) is 5.92 Å². The molecule has 2 aromatic carbocycles. The number of piperidine rings is 1. The molecular formula is C26H26F3N3O4. The highest BCUT2D eigenvalue weighted by atomic mass is 19.4. The molecule has 0 unspecified atom stereocenters. The van der Waals surface area contributed by atoms with Crippen molar-refractivity contribution in [3.05, 3.63) is 64.4 Å². The number of pyridine rings is 1. The topological polar surface area (TPSA) is 85.9 Å². The third-order valence-electron chi connectivity index (χ3n) is 6.97. The molecule has 0 spiro atoms. The van der Waals surface area contributed by atoms with E-state index in [0.717, 1.165) is 32.0 Å². The van der Waals surface area contributed by atoms with E-state index in [4.69, 9.17) is 4.74 Å². The van der Waals surface area contributed by atoms with Crippen molar-refractivity contribution in [1.82, 2.24) is 9.88 Å². The fraction of sp³-hybridized carbons (Fsp3) is 0.385. The van der Waals surface area contributed by atoms with E-state index in [9.17, 15) is 27.9 Å². The number of anilines is 1. The number of benzene rings is 2. The van der Waals surface area contributed by atoms with Crippen LogP contribution in [0.4, 0.5) is 23.7 Å². The number of amides is 1. The molecule has 0 radical (unpaired) electrons. The lowest BCUT2D eigenvalue weighted by molar-refractivity contribution is -0.137. The fourth-order valence-corrected chi connectivity index (χ4v) is 4.99. The average Bonchev–Trinajstić information content (AvgIpc) is 3.23. The molecule has 190 valence electrons. The lowest BCUT2D eigenvalue weighted by atomic mass is 9.98. The minimum Gasteiger partial charge on any atom is -0.443 e. The van der Waals surface area contributed by atoms with Gasteiger partial charge >= 0.3 is 12.3 Å². The standard InChI is InChI=1S/C26H26F3N3O4/c27-26(28,29)22-4-2-1-3-20(22)23-11-17-5-6-18(12-21(17)24(34)30-23)32-14-19(36-25(32)35)13-31-9-7-16(15-33)8-10-31/h1-6,11-12,16,19,33H,7-10,13-15H2,(H,30,34)/t19-/m0/s1. The molecule has 3 heterocycles. The summed E-state index contributed by atoms with van der Waals surface area (Å²) >= 11 is 0. The molecule has 0 aliphatic carbocycles. The molecule has 1 amide bonds. The van der Waals surface area contributed by atoms with Gasteiger partial charge in [0.1, 0.15) is 6.10 Å². The highest BCUT2D eigenvalue weighted by Gasteiger charge is 2.35. The molecule has 10 heteroatoms. The monoisotopic (exact) mass is 501 g/mol. The van der Waals surface area contributed by atoms with Crippen molar-refractivity contribution in [2.24, 2.45) is 5.92 Å². The van der Waals surface area contributed by atoms with Gasteiger partial charge in [-0.1, -0.05) is 24.3 Å². The summed E-state index contributed by atoms with van der Waals surface area (Å²) in [6.45, 7) is 2.79. The number of hydrogen-bond donors (Lipinski definition) is 2. The molecule has 1 atom stereocenters. The predicted molar refractivity (Wildman–Crippen MR) is 129 cm³/mol. The van der Waals surface area contributed by atoms with E-state index in [1.165, 1.54) is 29.2 Å². The van der Waals surface area contributed by atoms with Crippen LogP contribution in [-0.2, 0) is 10.9 Å². The lowest BCUT2D eigenvalue weighted by Crippen LogP contribution is -2.40. The summed E-state index contributed by atoms with van der Waals surface area (Å²) in [6.07, 6.45) is -3.57. The minimum absolute atomic E-state index is 0.0683. The average molecular weight is 502 g/mol. The molecule has 0 bridgehead atoms. The number of rotatable bonds is 5. The Labute approximate surface area is 205 Å². The lowest BCUT2D eigenvalue weighted by Gasteiger charge is -2.32. The van der Waals surface area contributed by atoms with Crippen LogP contribution in [0.25, 0.3) is 22.0 Å². The number of halogens is 3. The molecule has 2 saturated heterocycles. The molecule has 2 aliphatic heterocycles. The summed E-state index contributed by atoms with van der Waals surface area (Å²) < 4.78 is 46.0. The Kier molecular flexibility index (Phi) is 6.48. The zero-order chi connectivity index (χ0) is 25.4. The fourth-order valence-electron chi connectivity index (χ4n) is 4.99. The molecular weight excluding hydrogens is 475 g/mol. The molecule has 3 aromatic rings. The molecule has 0 saturated carbocycles. The Morgan fingerprint density at radius 2 is 1.81 bits per heavy atom. The van der Waals surface area contributed by atoms with Crippen molar-refractivity contribution in [2.45, 2.75) is 25.1 Å². The number of nitrogens with one attached hydrogen (secondary N) is 1. The third kappa shape index (κ3) is 4.83. The van der Waals surface area contributed by atoms with E-state index in [0.29, 0.717) is 30.1 Å². The number of carbonyl (C=O) groups excluding carboxylic acids is 1. The van der Waals surface area contributed by atoms with Crippen LogP contribution in [-0.4, -0.2) is 60.0 Å². The van der Waals surface area contributed by atoms with Crippen LogP contribution < -0.4 is 10.5 Å². The molecule has 36 heavy (non-hydrogen) atoms. The summed E-state index contributed by atoms with van der Waals surface area (Å²) in [5.41, 5.74) is -0.927. The quantitative estimate of drug-likeness (QED) is 0.546. The second-order valence-corrected chi connectivity index (χ2v) is 9.37. The molecule has 2 aliphatic rings. The van der Waals surface area contributed by atoms with E-state index in [-0.39, 0.29) is 29.4 Å². The summed E-state index contributed by atoms with van der Waals surface area (Å²) in [5, 5.41) is 10.0. The van der Waals surface area contributed by atoms with Gasteiger partial charge in [-0.2, -0.15) is 13.2 Å². The van der Waals surface area contributed by atoms with Gasteiger partial charge in [-0.25, -0.2) is 4.79 Å². The first-order valence-electron chi connectivity index (χ1n) is 11.9. The van der Waals surface area contributed by atoms with E-state index >= 15 is 0 Å². The first kappa shape index (κ1) is 24.3. The molecule has 2 N–H and O–H groups in total. The summed E-state index contributed by atoms with van der Waals surface area (Å²) in [4.78, 5) is 31.7. The van der Waals surface area contributed by atoms with Crippen LogP contribution in [0.3, 0.4) is 0 Å². The van der Waals surface area contributed by atoms with Gasteiger partial charge in [0.2, 0.25) is 0 Å². The second-order valence-electron chi connectivity index (χ2n) is 9.37. The first-order chi connectivity index (χ1) is 17.2. The zero-order valence-electron chi connectivity index (χ0n) is 19.4. The number of alkyl halides is 3. The third-order valence-corrected chi connectivity index (χ3v) is 6.97. The van der Waals surface area contributed by atoms with Crippen LogP contribution >= 0.6 is 0 Å². The van der Waals surface area contributed by atoms with Gasteiger partial charge in [0.05, 0.1) is 12.1 Å². The Bertz CT molecular complexity index is 1330. The maximum absolute atomic E-state index is 13.5. The number of fused-ring (bicyclic) bond motifs is 1. The summed E-state index contributed by atoms with van der Waals surface area (Å²) in [5.74, 6) is 0.321. The van der Waals surface area contributed by atoms with E-state index in [1.54, 1.807) is 18.2 Å². The van der Waals surface area contributed by atoms with Crippen LogP contribution in [0.2, 0.25) is 0 Å². The number of nitrogens with zero attached hydrogens (tertiary/aromatic N) is 2. The van der Waals surface area contributed by atoms with Gasteiger partial charge in [-0.3, -0.25) is 14.6 Å². The minimum atomic E-state index is -4.56. The van der Waals surface area contributed by atoms with Crippen molar-refractivity contribution >= 4 is 22.6 Å². The van der Waals surface area contributed by atoms with Gasteiger partial charge < -0.3 is 14.8 Å². The number of aromatic amines is 1. The number of likely N-dealkylation sites (tertiary alicyclic amines) is 1. The van der Waals surface area contributed by atoms with E-state index < -0.39 is 23.4 Å². The van der Waals surface area contributed by atoms with Gasteiger partial charge in [-0.05, 0) is 61.5 Å². The Hall–Kier alpha value is -3.37. The highest BCUT2D eigenvalue weighted by molar-refractivity contribution is 5.94. The van der Waals surface area contributed by atoms with Crippen LogP contribution in [0.5, 0.6) is 0 Å². The van der Waals surface area contributed by atoms with Crippen molar-refractivity contribution in [3.8, 4) is 11.3 Å². The normalized spacial score (nSPS) is 19.7. The van der Waals surface area contributed by atoms with Gasteiger partial charge in [0.15, 0.2) is 0 Å². The summed E-state index contributed by atoms with van der Waals surface area (Å²) in [7, 11) is 0. The van der Waals surface area contributed by atoms with E-state index in [2.05, 4.69) is 9.88 Å². The zero-order valence-corrected chi connectivity index (χ0v) is 19.4. The Balaban J connectivity index is 1.37. The molecule has 1 aromatic heterocycles. The number of H-pyrrole nitrogens is 1. The molecule has 2 fully saturated rings. The Morgan fingerprint density at radius 3 is 2.53 bits per heavy atom. The number of aliphatic hydroxyl groups is 1. The number of cyclic esters (lactones) is 1. The number of hydrogen-bond acceptors (Lipinski definition) is 5. The van der Waals surface area contributed by atoms with Crippen LogP contribution in [0.15, 0.2) is 53.3 Å². The van der Waals surface area contributed by atoms with E-state index in [1.807, 2.05) is 0 Å².